The number of rotatable bonds is 6. The number of para-hydroxylation sites is 1. The number of ether oxygens (including phenoxy) is 1. The Kier molecular flexibility index (Phi) is 5.76. The first-order chi connectivity index (χ1) is 13.5. The highest BCUT2D eigenvalue weighted by molar-refractivity contribution is 6.33. The van der Waals surface area contributed by atoms with E-state index in [9.17, 15) is 9.59 Å². The maximum Gasteiger partial charge on any atom is 0.337 e. The molecule has 0 radical (unpaired) electrons. The fourth-order valence-electron chi connectivity index (χ4n) is 2.47. The minimum Gasteiger partial charge on any atom is -0.496 e. The smallest absolute Gasteiger partial charge is 0.337 e. The molecular weight excluding hydrogens is 384 g/mol. The number of furan rings is 1. The molecule has 0 atom stereocenters. The Hall–Kier alpha value is -3.58. The fourth-order valence-corrected chi connectivity index (χ4v) is 2.67. The van der Waals surface area contributed by atoms with E-state index >= 15 is 0 Å². The van der Waals surface area contributed by atoms with Crippen LogP contribution < -0.4 is 10.2 Å². The lowest BCUT2D eigenvalue weighted by Crippen LogP contribution is -2.18. The van der Waals surface area contributed by atoms with E-state index in [-0.39, 0.29) is 10.6 Å². The second-order valence-corrected chi connectivity index (χ2v) is 6.01. The van der Waals surface area contributed by atoms with Crippen molar-refractivity contribution in [1.29, 1.82) is 0 Å². The van der Waals surface area contributed by atoms with E-state index in [1.807, 2.05) is 0 Å². The lowest BCUT2D eigenvalue weighted by atomic mass is 10.1. The van der Waals surface area contributed by atoms with Gasteiger partial charge in [-0.2, -0.15) is 5.10 Å². The van der Waals surface area contributed by atoms with Gasteiger partial charge in [-0.3, -0.25) is 4.79 Å². The van der Waals surface area contributed by atoms with Crippen molar-refractivity contribution in [2.24, 2.45) is 5.10 Å². The van der Waals surface area contributed by atoms with Crippen LogP contribution >= 0.6 is 11.6 Å². The van der Waals surface area contributed by atoms with Gasteiger partial charge in [-0.1, -0.05) is 23.7 Å². The summed E-state index contributed by atoms with van der Waals surface area (Å²) in [5.74, 6) is -0.296. The summed E-state index contributed by atoms with van der Waals surface area (Å²) in [6, 6.07) is 14.6. The molecule has 1 amide bonds. The summed E-state index contributed by atoms with van der Waals surface area (Å²) in [4.78, 5) is 23.4. The Balaban J connectivity index is 1.72. The topological polar surface area (TPSA) is 101 Å². The Morgan fingerprint density at radius 1 is 1.14 bits per heavy atom. The number of hydrogen-bond acceptors (Lipinski definition) is 5. The normalized spacial score (nSPS) is 10.8. The molecule has 8 heteroatoms. The van der Waals surface area contributed by atoms with Gasteiger partial charge in [0.1, 0.15) is 17.3 Å². The SMILES string of the molecule is COc1ccccc1C(=O)N/N=C\c1ccc(-c2ccc(Cl)c(C(=O)O)c2)o1. The molecule has 2 N–H and O–H groups in total. The molecule has 0 aliphatic rings. The Morgan fingerprint density at radius 3 is 2.68 bits per heavy atom. The first-order valence-electron chi connectivity index (χ1n) is 8.09. The summed E-state index contributed by atoms with van der Waals surface area (Å²) in [7, 11) is 1.48. The van der Waals surface area contributed by atoms with Crippen molar-refractivity contribution in [3.8, 4) is 17.1 Å². The van der Waals surface area contributed by atoms with Crippen molar-refractivity contribution < 1.29 is 23.8 Å². The molecule has 0 aliphatic carbocycles. The second-order valence-electron chi connectivity index (χ2n) is 5.60. The molecule has 0 spiro atoms. The largest absolute Gasteiger partial charge is 0.496 e. The summed E-state index contributed by atoms with van der Waals surface area (Å²) in [5.41, 5.74) is 3.29. The maximum absolute atomic E-state index is 12.2. The van der Waals surface area contributed by atoms with Gasteiger partial charge in [0, 0.05) is 5.56 Å². The lowest BCUT2D eigenvalue weighted by Gasteiger charge is -2.05. The van der Waals surface area contributed by atoms with E-state index in [2.05, 4.69) is 10.5 Å². The van der Waals surface area contributed by atoms with E-state index in [0.29, 0.717) is 28.4 Å². The molecule has 0 bridgehead atoms. The number of aromatic carboxylic acids is 1. The van der Waals surface area contributed by atoms with Crippen molar-refractivity contribution in [3.63, 3.8) is 0 Å². The molecule has 1 aromatic heterocycles. The zero-order valence-electron chi connectivity index (χ0n) is 14.7. The van der Waals surface area contributed by atoms with Crippen LogP contribution in [0.1, 0.15) is 26.5 Å². The van der Waals surface area contributed by atoms with Gasteiger partial charge in [0.2, 0.25) is 0 Å². The highest BCUT2D eigenvalue weighted by atomic mass is 35.5. The molecule has 2 aromatic carbocycles. The molecular formula is C20H15ClN2O5. The maximum atomic E-state index is 12.2. The number of halogens is 1. The van der Waals surface area contributed by atoms with Crippen LogP contribution in [0.4, 0.5) is 0 Å². The molecule has 28 heavy (non-hydrogen) atoms. The summed E-state index contributed by atoms with van der Waals surface area (Å²) >= 11 is 5.87. The third-order valence-electron chi connectivity index (χ3n) is 3.82. The van der Waals surface area contributed by atoms with Crippen LogP contribution in [0.3, 0.4) is 0 Å². The number of methoxy groups -OCH3 is 1. The molecule has 3 rings (SSSR count). The van der Waals surface area contributed by atoms with Crippen molar-refractivity contribution in [2.75, 3.05) is 7.11 Å². The van der Waals surface area contributed by atoms with Gasteiger partial charge in [-0.15, -0.1) is 0 Å². The molecule has 0 saturated carbocycles. The van der Waals surface area contributed by atoms with Gasteiger partial charge in [0.05, 0.1) is 29.5 Å². The third kappa shape index (κ3) is 4.21. The first kappa shape index (κ1) is 19.2. The Bertz CT molecular complexity index is 1060. The van der Waals surface area contributed by atoms with E-state index in [1.165, 1.54) is 25.5 Å². The van der Waals surface area contributed by atoms with Gasteiger partial charge in [-0.05, 0) is 42.5 Å². The van der Waals surface area contributed by atoms with Crippen molar-refractivity contribution in [1.82, 2.24) is 5.43 Å². The minimum atomic E-state index is -1.13. The third-order valence-corrected chi connectivity index (χ3v) is 4.15. The number of hydrazone groups is 1. The first-order valence-corrected chi connectivity index (χ1v) is 8.47. The number of carboxylic acid groups (broad SMARTS) is 1. The molecule has 7 nitrogen and oxygen atoms in total. The Morgan fingerprint density at radius 2 is 1.93 bits per heavy atom. The predicted molar refractivity (Wildman–Crippen MR) is 104 cm³/mol. The van der Waals surface area contributed by atoms with Crippen LogP contribution in [0.5, 0.6) is 5.75 Å². The summed E-state index contributed by atoms with van der Waals surface area (Å²) in [6.07, 6.45) is 1.34. The zero-order chi connectivity index (χ0) is 20.1. The standard InChI is InChI=1S/C20H15ClN2O5/c1-27-18-5-3-2-4-14(18)19(24)23-22-11-13-7-9-17(28-13)12-6-8-16(21)15(10-12)20(25)26/h2-11H,1H3,(H,23,24)(H,25,26)/b22-11-. The summed E-state index contributed by atoms with van der Waals surface area (Å²) < 4.78 is 10.8. The monoisotopic (exact) mass is 398 g/mol. The number of carbonyl (C=O) groups is 2. The van der Waals surface area contributed by atoms with Crippen LogP contribution in [0.2, 0.25) is 5.02 Å². The average molecular weight is 399 g/mol. The Labute approximate surface area is 165 Å². The highest BCUT2D eigenvalue weighted by Gasteiger charge is 2.13. The molecule has 0 saturated heterocycles. The zero-order valence-corrected chi connectivity index (χ0v) is 15.4. The summed E-state index contributed by atoms with van der Waals surface area (Å²) in [6.45, 7) is 0. The van der Waals surface area contributed by atoms with Crippen molar-refractivity contribution in [3.05, 3.63) is 76.5 Å². The fraction of sp³-hybridized carbons (Fsp3) is 0.0500. The van der Waals surface area contributed by atoms with Crippen LogP contribution in [0, 0.1) is 0 Å². The number of carboxylic acids is 1. The van der Waals surface area contributed by atoms with E-state index in [1.54, 1.807) is 42.5 Å². The number of benzene rings is 2. The quantitative estimate of drug-likeness (QED) is 0.481. The number of nitrogens with zero attached hydrogens (tertiary/aromatic N) is 1. The van der Waals surface area contributed by atoms with E-state index in [4.69, 9.17) is 25.9 Å². The average Bonchev–Trinajstić information content (AvgIpc) is 3.16. The number of nitrogens with one attached hydrogen (secondary N) is 1. The van der Waals surface area contributed by atoms with E-state index < -0.39 is 11.9 Å². The van der Waals surface area contributed by atoms with Crippen molar-refractivity contribution >= 4 is 29.7 Å². The minimum absolute atomic E-state index is 0.0187. The van der Waals surface area contributed by atoms with Gasteiger partial charge >= 0.3 is 5.97 Å². The highest BCUT2D eigenvalue weighted by Crippen LogP contribution is 2.26. The van der Waals surface area contributed by atoms with Gasteiger partial charge < -0.3 is 14.3 Å². The molecule has 0 aliphatic heterocycles. The molecule has 1 heterocycles. The van der Waals surface area contributed by atoms with Gasteiger partial charge in [0.25, 0.3) is 5.91 Å². The molecule has 0 fully saturated rings. The predicted octanol–water partition coefficient (Wildman–Crippen LogP) is 4.07. The number of amides is 1. The van der Waals surface area contributed by atoms with Gasteiger partial charge in [-0.25, -0.2) is 10.2 Å². The number of hydrogen-bond donors (Lipinski definition) is 2. The van der Waals surface area contributed by atoms with Crippen LogP contribution in [0.25, 0.3) is 11.3 Å². The van der Waals surface area contributed by atoms with Crippen molar-refractivity contribution in [2.45, 2.75) is 0 Å². The van der Waals surface area contributed by atoms with E-state index in [0.717, 1.165) is 0 Å². The molecule has 3 aromatic rings. The van der Waals surface area contributed by atoms with Crippen LogP contribution in [0.15, 0.2) is 64.1 Å². The van der Waals surface area contributed by atoms with Crippen LogP contribution in [-0.2, 0) is 0 Å². The molecule has 142 valence electrons. The summed E-state index contributed by atoms with van der Waals surface area (Å²) in [5, 5.41) is 13.2. The molecule has 0 unspecified atom stereocenters. The van der Waals surface area contributed by atoms with Gasteiger partial charge in [0.15, 0.2) is 0 Å². The van der Waals surface area contributed by atoms with Crippen LogP contribution in [-0.4, -0.2) is 30.3 Å². The number of carbonyl (C=O) groups excluding carboxylic acids is 1. The second kappa shape index (κ2) is 8.41. The lowest BCUT2D eigenvalue weighted by molar-refractivity contribution is 0.0697.